The van der Waals surface area contributed by atoms with Gasteiger partial charge in [0.1, 0.15) is 11.1 Å². The van der Waals surface area contributed by atoms with Gasteiger partial charge in [-0.1, -0.05) is 18.2 Å². The zero-order valence-electron chi connectivity index (χ0n) is 13.8. The van der Waals surface area contributed by atoms with Crippen LogP contribution in [0.1, 0.15) is 10.6 Å². The largest absolute Gasteiger partial charge is 0.493 e. The van der Waals surface area contributed by atoms with E-state index in [1.807, 2.05) is 24.3 Å². The smallest absolute Gasteiger partial charge is 0.341 e. The summed E-state index contributed by atoms with van der Waals surface area (Å²) in [4.78, 5) is 15.1. The lowest BCUT2D eigenvalue weighted by Crippen LogP contribution is -2.10. The molecule has 2 aromatic carbocycles. The van der Waals surface area contributed by atoms with E-state index in [9.17, 15) is 10.1 Å². The molecule has 0 unspecified atom stereocenters. The summed E-state index contributed by atoms with van der Waals surface area (Å²) in [5.41, 5.74) is 2.01. The first-order valence-electron chi connectivity index (χ1n) is 7.61. The Morgan fingerprint density at radius 2 is 2.12 bits per heavy atom. The summed E-state index contributed by atoms with van der Waals surface area (Å²) < 4.78 is 11.4. The fourth-order valence-electron chi connectivity index (χ4n) is 2.33. The van der Waals surface area contributed by atoms with Crippen LogP contribution in [0.2, 0.25) is 0 Å². The molecule has 0 bridgehead atoms. The molecule has 130 valence electrons. The first kappa shape index (κ1) is 17.5. The summed E-state index contributed by atoms with van der Waals surface area (Å²) in [6, 6.07) is 14.9. The number of ether oxygens (including phenoxy) is 2. The normalized spacial score (nSPS) is 11.2. The highest BCUT2D eigenvalue weighted by Gasteiger charge is 2.11. The van der Waals surface area contributed by atoms with E-state index in [1.54, 1.807) is 24.3 Å². The summed E-state index contributed by atoms with van der Waals surface area (Å²) in [5, 5.41) is 18.9. The molecule has 26 heavy (non-hydrogen) atoms. The number of methoxy groups -OCH3 is 1. The number of para-hydroxylation sites is 1. The van der Waals surface area contributed by atoms with Crippen LogP contribution in [0, 0.1) is 11.3 Å². The molecule has 3 rings (SSSR count). The van der Waals surface area contributed by atoms with Crippen molar-refractivity contribution in [3.63, 3.8) is 0 Å². The molecule has 0 amide bonds. The summed E-state index contributed by atoms with van der Waals surface area (Å²) in [6.07, 6.45) is 1.71. The highest BCUT2D eigenvalue weighted by atomic mass is 32.1. The minimum Gasteiger partial charge on any atom is -0.493 e. The Morgan fingerprint density at radius 1 is 1.31 bits per heavy atom. The standard InChI is InChI=1S/C19H14N2O4S/c1-24-16-9-12(6-7-15(16)25-11-18(22)23)8-13(10-20)19-21-14-4-2-3-5-17(14)26-19/h2-9H,11H2,1H3,(H,22,23)/b13-8+. The van der Waals surface area contributed by atoms with Gasteiger partial charge in [-0.05, 0) is 35.9 Å². The number of aromatic nitrogens is 1. The molecule has 1 heterocycles. The number of carbonyl (C=O) groups is 1. The third-order valence-electron chi connectivity index (χ3n) is 3.49. The molecular formula is C19H14N2O4S. The fourth-order valence-corrected chi connectivity index (χ4v) is 3.26. The molecule has 6 nitrogen and oxygen atoms in total. The van der Waals surface area contributed by atoms with Gasteiger partial charge in [-0.3, -0.25) is 0 Å². The van der Waals surface area contributed by atoms with E-state index in [0.717, 1.165) is 15.8 Å². The van der Waals surface area contributed by atoms with E-state index in [0.29, 0.717) is 22.1 Å². The molecule has 0 spiro atoms. The Bertz CT molecular complexity index is 1000. The second kappa shape index (κ2) is 7.68. The molecular weight excluding hydrogens is 352 g/mol. The average molecular weight is 366 g/mol. The number of hydrogen-bond acceptors (Lipinski definition) is 6. The number of carboxylic acid groups (broad SMARTS) is 1. The fraction of sp³-hybridized carbons (Fsp3) is 0.105. The van der Waals surface area contributed by atoms with E-state index >= 15 is 0 Å². The quantitative estimate of drug-likeness (QED) is 0.667. The van der Waals surface area contributed by atoms with Gasteiger partial charge in [0.05, 0.1) is 22.9 Å². The first-order valence-corrected chi connectivity index (χ1v) is 8.42. The Hall–Kier alpha value is -3.37. The Morgan fingerprint density at radius 3 is 2.81 bits per heavy atom. The lowest BCUT2D eigenvalue weighted by molar-refractivity contribution is -0.139. The Labute approximate surface area is 153 Å². The van der Waals surface area contributed by atoms with E-state index in [-0.39, 0.29) is 0 Å². The second-order valence-corrected chi connectivity index (χ2v) is 6.28. The van der Waals surface area contributed by atoms with Crippen molar-refractivity contribution in [2.45, 2.75) is 0 Å². The maximum atomic E-state index is 10.6. The monoisotopic (exact) mass is 366 g/mol. The molecule has 0 aliphatic rings. The zero-order valence-corrected chi connectivity index (χ0v) is 14.6. The summed E-state index contributed by atoms with van der Waals surface area (Å²) in [5.74, 6) is -0.356. The lowest BCUT2D eigenvalue weighted by Gasteiger charge is -2.09. The lowest BCUT2D eigenvalue weighted by atomic mass is 10.1. The van der Waals surface area contributed by atoms with Gasteiger partial charge in [0.25, 0.3) is 0 Å². The number of thiazole rings is 1. The molecule has 0 fully saturated rings. The molecule has 3 aromatic rings. The van der Waals surface area contributed by atoms with E-state index in [1.165, 1.54) is 18.4 Å². The summed E-state index contributed by atoms with van der Waals surface area (Å²) >= 11 is 1.45. The van der Waals surface area contributed by atoms with Crippen LogP contribution in [0.3, 0.4) is 0 Å². The molecule has 1 aromatic heterocycles. The minimum atomic E-state index is -1.07. The van der Waals surface area contributed by atoms with Gasteiger partial charge >= 0.3 is 5.97 Å². The van der Waals surface area contributed by atoms with Crippen LogP contribution >= 0.6 is 11.3 Å². The third kappa shape index (κ3) is 3.82. The van der Waals surface area contributed by atoms with Crippen LogP contribution < -0.4 is 9.47 Å². The second-order valence-electron chi connectivity index (χ2n) is 5.25. The van der Waals surface area contributed by atoms with Crippen LogP contribution in [0.25, 0.3) is 21.9 Å². The van der Waals surface area contributed by atoms with Crippen LogP contribution in [0.15, 0.2) is 42.5 Å². The van der Waals surface area contributed by atoms with Crippen molar-refractivity contribution < 1.29 is 19.4 Å². The predicted octanol–water partition coefficient (Wildman–Crippen LogP) is 3.83. The van der Waals surface area contributed by atoms with Crippen molar-refractivity contribution in [1.29, 1.82) is 5.26 Å². The van der Waals surface area contributed by atoms with Crippen molar-refractivity contribution in [3.05, 3.63) is 53.0 Å². The SMILES string of the molecule is COc1cc(/C=C(\C#N)c2nc3ccccc3s2)ccc1OCC(=O)O. The molecule has 0 saturated heterocycles. The van der Waals surface area contributed by atoms with Gasteiger partial charge < -0.3 is 14.6 Å². The highest BCUT2D eigenvalue weighted by Crippen LogP contribution is 2.31. The molecule has 0 saturated carbocycles. The van der Waals surface area contributed by atoms with Crippen molar-refractivity contribution in [3.8, 4) is 17.6 Å². The van der Waals surface area contributed by atoms with Crippen molar-refractivity contribution in [1.82, 2.24) is 4.98 Å². The van der Waals surface area contributed by atoms with Crippen LogP contribution in [-0.4, -0.2) is 29.8 Å². The third-order valence-corrected chi connectivity index (χ3v) is 4.56. The predicted molar refractivity (Wildman–Crippen MR) is 99.2 cm³/mol. The molecule has 7 heteroatoms. The average Bonchev–Trinajstić information content (AvgIpc) is 3.08. The maximum Gasteiger partial charge on any atom is 0.341 e. The Balaban J connectivity index is 1.93. The summed E-state index contributed by atoms with van der Waals surface area (Å²) in [6.45, 7) is -0.458. The topological polar surface area (TPSA) is 92.4 Å². The van der Waals surface area contributed by atoms with Crippen molar-refractivity contribution in [2.75, 3.05) is 13.7 Å². The number of aliphatic carboxylic acids is 1. The van der Waals surface area contributed by atoms with Gasteiger partial charge in [0.2, 0.25) is 0 Å². The van der Waals surface area contributed by atoms with Gasteiger partial charge in [0.15, 0.2) is 18.1 Å². The van der Waals surface area contributed by atoms with Gasteiger partial charge in [0, 0.05) is 0 Å². The number of hydrogen-bond donors (Lipinski definition) is 1. The number of fused-ring (bicyclic) bond motifs is 1. The first-order chi connectivity index (χ1) is 12.6. The highest BCUT2D eigenvalue weighted by molar-refractivity contribution is 7.19. The van der Waals surface area contributed by atoms with Crippen molar-refractivity contribution in [2.24, 2.45) is 0 Å². The van der Waals surface area contributed by atoms with Crippen LogP contribution in [0.5, 0.6) is 11.5 Å². The molecule has 0 aliphatic heterocycles. The zero-order chi connectivity index (χ0) is 18.5. The van der Waals surface area contributed by atoms with E-state index in [4.69, 9.17) is 14.6 Å². The molecule has 0 radical (unpaired) electrons. The number of benzene rings is 2. The molecule has 0 atom stereocenters. The number of nitrogens with zero attached hydrogens (tertiary/aromatic N) is 2. The van der Waals surface area contributed by atoms with Crippen LogP contribution in [0.4, 0.5) is 0 Å². The molecule has 1 N–H and O–H groups in total. The van der Waals surface area contributed by atoms with Crippen LogP contribution in [-0.2, 0) is 4.79 Å². The number of carboxylic acids is 1. The van der Waals surface area contributed by atoms with E-state index in [2.05, 4.69) is 11.1 Å². The number of allylic oxidation sites excluding steroid dienone is 1. The Kier molecular flexibility index (Phi) is 5.15. The van der Waals surface area contributed by atoms with Gasteiger partial charge in [-0.25, -0.2) is 9.78 Å². The maximum absolute atomic E-state index is 10.6. The number of rotatable bonds is 6. The molecule has 0 aliphatic carbocycles. The number of nitriles is 1. The van der Waals surface area contributed by atoms with Gasteiger partial charge in [-0.15, -0.1) is 11.3 Å². The summed E-state index contributed by atoms with van der Waals surface area (Å²) in [7, 11) is 1.47. The van der Waals surface area contributed by atoms with Crippen molar-refractivity contribution >= 4 is 39.2 Å². The van der Waals surface area contributed by atoms with E-state index < -0.39 is 12.6 Å². The van der Waals surface area contributed by atoms with Gasteiger partial charge in [-0.2, -0.15) is 5.26 Å². The minimum absolute atomic E-state index is 0.325.